The summed E-state index contributed by atoms with van der Waals surface area (Å²) in [6.07, 6.45) is 9.31. The van der Waals surface area contributed by atoms with Gasteiger partial charge < -0.3 is 10.6 Å². The van der Waals surface area contributed by atoms with Crippen LogP contribution in [0.15, 0.2) is 5.38 Å². The lowest BCUT2D eigenvalue weighted by atomic mass is 10.2. The zero-order valence-electron chi connectivity index (χ0n) is 13.3. The van der Waals surface area contributed by atoms with Gasteiger partial charge in [0.05, 0.1) is 12.1 Å². The first kappa shape index (κ1) is 16.2. The molecule has 0 unspecified atom stereocenters. The largest absolute Gasteiger partial charge is 0.353 e. The molecular formula is C16H24N4O2S. The van der Waals surface area contributed by atoms with E-state index in [-0.39, 0.29) is 24.4 Å². The van der Waals surface area contributed by atoms with E-state index < -0.39 is 0 Å². The van der Waals surface area contributed by atoms with Crippen molar-refractivity contribution in [3.63, 3.8) is 0 Å². The number of rotatable bonds is 5. The number of carbonyl (C=O) groups is 2. The van der Waals surface area contributed by atoms with E-state index in [0.717, 1.165) is 25.7 Å². The Morgan fingerprint density at radius 3 is 2.30 bits per heavy atom. The number of urea groups is 1. The second-order valence-corrected chi connectivity index (χ2v) is 7.31. The van der Waals surface area contributed by atoms with Gasteiger partial charge in [-0.1, -0.05) is 25.7 Å². The van der Waals surface area contributed by atoms with Crippen molar-refractivity contribution >= 4 is 28.4 Å². The van der Waals surface area contributed by atoms with Crippen LogP contribution in [0, 0.1) is 0 Å². The predicted molar refractivity (Wildman–Crippen MR) is 90.6 cm³/mol. The lowest BCUT2D eigenvalue weighted by Gasteiger charge is -2.11. The molecule has 3 amide bonds. The van der Waals surface area contributed by atoms with Crippen LogP contribution in [0.3, 0.4) is 0 Å². The first-order valence-electron chi connectivity index (χ1n) is 8.50. The van der Waals surface area contributed by atoms with Crippen LogP contribution in [0.5, 0.6) is 0 Å². The fourth-order valence-electron chi connectivity index (χ4n) is 3.35. The number of nitrogens with one attached hydrogen (secondary N) is 3. The number of anilines is 1. The highest BCUT2D eigenvalue weighted by atomic mass is 32.1. The van der Waals surface area contributed by atoms with Gasteiger partial charge in [-0.2, -0.15) is 0 Å². The third-order valence-corrected chi connectivity index (χ3v) is 5.33. The Bertz CT molecular complexity index is 502. The highest BCUT2D eigenvalue weighted by Gasteiger charge is 2.19. The molecule has 0 bridgehead atoms. The fraction of sp³-hybridized carbons (Fsp3) is 0.688. The van der Waals surface area contributed by atoms with E-state index in [1.54, 1.807) is 0 Å². The molecule has 1 aromatic heterocycles. The maximum Gasteiger partial charge on any atom is 0.321 e. The van der Waals surface area contributed by atoms with Gasteiger partial charge in [0.2, 0.25) is 5.91 Å². The first-order valence-corrected chi connectivity index (χ1v) is 9.38. The quantitative estimate of drug-likeness (QED) is 0.773. The molecule has 2 aliphatic carbocycles. The minimum atomic E-state index is -0.201. The van der Waals surface area contributed by atoms with E-state index in [9.17, 15) is 9.59 Å². The molecule has 7 heteroatoms. The molecule has 0 saturated heterocycles. The summed E-state index contributed by atoms with van der Waals surface area (Å²) in [5, 5.41) is 11.2. The van der Waals surface area contributed by atoms with E-state index in [1.807, 2.05) is 5.38 Å². The van der Waals surface area contributed by atoms with Gasteiger partial charge in [0.1, 0.15) is 0 Å². The van der Waals surface area contributed by atoms with Crippen LogP contribution in [0.2, 0.25) is 0 Å². The molecule has 0 radical (unpaired) electrons. The Labute approximate surface area is 140 Å². The van der Waals surface area contributed by atoms with Gasteiger partial charge in [-0.3, -0.25) is 10.1 Å². The normalized spacial score (nSPS) is 19.0. The first-order chi connectivity index (χ1) is 11.2. The van der Waals surface area contributed by atoms with Crippen LogP contribution >= 0.6 is 11.3 Å². The monoisotopic (exact) mass is 336 g/mol. The number of aromatic nitrogens is 1. The summed E-state index contributed by atoms with van der Waals surface area (Å²) in [4.78, 5) is 28.2. The molecule has 2 saturated carbocycles. The summed E-state index contributed by atoms with van der Waals surface area (Å²) in [6, 6.07) is 0.413. The van der Waals surface area contributed by atoms with Crippen molar-refractivity contribution in [3.05, 3.63) is 11.1 Å². The summed E-state index contributed by atoms with van der Waals surface area (Å²) >= 11 is 1.36. The molecule has 2 fully saturated rings. The lowest BCUT2D eigenvalue weighted by molar-refractivity contribution is -0.121. The van der Waals surface area contributed by atoms with E-state index in [0.29, 0.717) is 16.9 Å². The second kappa shape index (κ2) is 7.77. The molecule has 2 aliphatic rings. The molecule has 126 valence electrons. The molecule has 3 N–H and O–H groups in total. The van der Waals surface area contributed by atoms with Crippen LogP contribution in [0.1, 0.15) is 57.1 Å². The summed E-state index contributed by atoms with van der Waals surface area (Å²) in [7, 11) is 0. The smallest absolute Gasteiger partial charge is 0.321 e. The molecule has 0 aliphatic heterocycles. The van der Waals surface area contributed by atoms with E-state index >= 15 is 0 Å². The Kier molecular flexibility index (Phi) is 5.48. The molecule has 0 aromatic carbocycles. The topological polar surface area (TPSA) is 83.1 Å². The average molecular weight is 336 g/mol. The molecule has 3 rings (SSSR count). The number of amides is 3. The Morgan fingerprint density at radius 2 is 1.65 bits per heavy atom. The summed E-state index contributed by atoms with van der Waals surface area (Å²) in [6.45, 7) is 0. The lowest BCUT2D eigenvalue weighted by Crippen LogP contribution is -2.36. The molecule has 1 heterocycles. The van der Waals surface area contributed by atoms with Crippen molar-refractivity contribution in [1.29, 1.82) is 0 Å². The van der Waals surface area contributed by atoms with E-state index in [2.05, 4.69) is 20.9 Å². The van der Waals surface area contributed by atoms with Crippen molar-refractivity contribution in [3.8, 4) is 0 Å². The van der Waals surface area contributed by atoms with Crippen molar-refractivity contribution in [2.45, 2.75) is 69.9 Å². The number of carbonyl (C=O) groups excluding carboxylic acids is 2. The van der Waals surface area contributed by atoms with E-state index in [1.165, 1.54) is 37.0 Å². The van der Waals surface area contributed by atoms with Gasteiger partial charge in [-0.15, -0.1) is 11.3 Å². The minimum absolute atomic E-state index is 0.0177. The van der Waals surface area contributed by atoms with E-state index in [4.69, 9.17) is 0 Å². The van der Waals surface area contributed by atoms with Crippen molar-refractivity contribution in [2.24, 2.45) is 0 Å². The van der Waals surface area contributed by atoms with Gasteiger partial charge >= 0.3 is 6.03 Å². The molecule has 0 atom stereocenters. The molecule has 23 heavy (non-hydrogen) atoms. The van der Waals surface area contributed by atoms with Gasteiger partial charge in [-0.05, 0) is 25.7 Å². The summed E-state index contributed by atoms with van der Waals surface area (Å²) in [5.41, 5.74) is 0.710. The zero-order valence-corrected chi connectivity index (χ0v) is 14.1. The average Bonchev–Trinajstić information content (AvgIpc) is 3.22. The molecular weight excluding hydrogens is 312 g/mol. The third-order valence-electron chi connectivity index (χ3n) is 4.52. The van der Waals surface area contributed by atoms with Crippen LogP contribution < -0.4 is 16.0 Å². The number of hydrogen-bond donors (Lipinski definition) is 3. The van der Waals surface area contributed by atoms with Crippen LogP contribution in [-0.2, 0) is 11.2 Å². The SMILES string of the molecule is O=C(Cc1csc(NC(=O)NC2CCCC2)n1)NC1CCCC1. The summed E-state index contributed by atoms with van der Waals surface area (Å²) in [5.74, 6) is 0.0177. The van der Waals surface area contributed by atoms with Crippen LogP contribution in [0.25, 0.3) is 0 Å². The predicted octanol–water partition coefficient (Wildman–Crippen LogP) is 2.81. The van der Waals surface area contributed by atoms with Crippen molar-refractivity contribution < 1.29 is 9.59 Å². The highest BCUT2D eigenvalue weighted by Crippen LogP contribution is 2.20. The van der Waals surface area contributed by atoms with Gasteiger partial charge in [-0.25, -0.2) is 9.78 Å². The third kappa shape index (κ3) is 4.92. The van der Waals surface area contributed by atoms with Crippen LogP contribution in [0.4, 0.5) is 9.93 Å². The Balaban J connectivity index is 1.43. The highest BCUT2D eigenvalue weighted by molar-refractivity contribution is 7.13. The Hall–Kier alpha value is -1.63. The standard InChI is InChI=1S/C16H24N4O2S/c21-14(17-11-5-1-2-6-11)9-13-10-23-16(19-13)20-15(22)18-12-7-3-4-8-12/h10-12H,1-9H2,(H,17,21)(H2,18,19,20,22). The second-order valence-electron chi connectivity index (χ2n) is 6.45. The number of hydrogen-bond acceptors (Lipinski definition) is 4. The molecule has 6 nitrogen and oxygen atoms in total. The number of nitrogens with zero attached hydrogens (tertiary/aromatic N) is 1. The zero-order chi connectivity index (χ0) is 16.1. The minimum Gasteiger partial charge on any atom is -0.353 e. The van der Waals surface area contributed by atoms with Gasteiger partial charge in [0.15, 0.2) is 5.13 Å². The van der Waals surface area contributed by atoms with Crippen LogP contribution in [-0.4, -0.2) is 29.0 Å². The maximum atomic E-state index is 12.0. The summed E-state index contributed by atoms with van der Waals surface area (Å²) < 4.78 is 0. The van der Waals surface area contributed by atoms with Gasteiger partial charge in [0, 0.05) is 17.5 Å². The molecule has 1 aromatic rings. The van der Waals surface area contributed by atoms with Crippen molar-refractivity contribution in [1.82, 2.24) is 15.6 Å². The maximum absolute atomic E-state index is 12.0. The Morgan fingerprint density at radius 1 is 1.04 bits per heavy atom. The van der Waals surface area contributed by atoms with Gasteiger partial charge in [0.25, 0.3) is 0 Å². The fourth-order valence-corrected chi connectivity index (χ4v) is 4.05. The van der Waals surface area contributed by atoms with Crippen molar-refractivity contribution in [2.75, 3.05) is 5.32 Å². The number of thiazole rings is 1. The molecule has 0 spiro atoms.